The van der Waals surface area contributed by atoms with E-state index in [0.29, 0.717) is 28.7 Å². The number of carbonyl (C=O) groups is 1. The second-order valence-corrected chi connectivity index (χ2v) is 6.61. The number of halogens is 2. The fraction of sp³-hybridized carbons (Fsp3) is 0.562. The number of likely N-dealkylation sites (tertiary alicyclic amines) is 1. The molecular weight excluding hydrogens is 323 g/mol. The van der Waals surface area contributed by atoms with Crippen molar-refractivity contribution in [1.29, 1.82) is 0 Å². The third-order valence-corrected chi connectivity index (χ3v) is 4.61. The van der Waals surface area contributed by atoms with Gasteiger partial charge in [-0.25, -0.2) is 0 Å². The zero-order valence-corrected chi connectivity index (χ0v) is 14.2. The molecule has 2 atom stereocenters. The molecule has 2 N–H and O–H groups in total. The van der Waals surface area contributed by atoms with Gasteiger partial charge < -0.3 is 10.4 Å². The van der Waals surface area contributed by atoms with Gasteiger partial charge in [-0.3, -0.25) is 9.69 Å². The summed E-state index contributed by atoms with van der Waals surface area (Å²) >= 11 is 11.9. The lowest BCUT2D eigenvalue weighted by atomic mass is 9.98. The lowest BCUT2D eigenvalue weighted by molar-refractivity contribution is -0.116. The minimum absolute atomic E-state index is 0.0981. The Morgan fingerprint density at radius 3 is 2.95 bits per heavy atom. The molecule has 122 valence electrons. The van der Waals surface area contributed by atoms with Crippen molar-refractivity contribution >= 4 is 34.8 Å². The van der Waals surface area contributed by atoms with E-state index in [-0.39, 0.29) is 18.1 Å². The topological polar surface area (TPSA) is 52.6 Å². The van der Waals surface area contributed by atoms with Crippen LogP contribution in [-0.4, -0.2) is 41.1 Å². The molecule has 4 nitrogen and oxygen atoms in total. The van der Waals surface area contributed by atoms with Crippen LogP contribution in [0.2, 0.25) is 10.0 Å². The van der Waals surface area contributed by atoms with E-state index in [4.69, 9.17) is 23.2 Å². The Morgan fingerprint density at radius 2 is 2.23 bits per heavy atom. The second kappa shape index (κ2) is 8.16. The van der Waals surface area contributed by atoms with Gasteiger partial charge in [-0.1, -0.05) is 29.6 Å². The van der Waals surface area contributed by atoms with Crippen molar-refractivity contribution < 1.29 is 9.90 Å². The molecule has 1 aliphatic heterocycles. The number of anilines is 1. The number of amides is 1. The average Bonchev–Trinajstić information content (AvgIpc) is 2.49. The molecule has 1 heterocycles. The monoisotopic (exact) mass is 344 g/mol. The van der Waals surface area contributed by atoms with Gasteiger partial charge >= 0.3 is 0 Å². The highest BCUT2D eigenvalue weighted by Gasteiger charge is 2.26. The summed E-state index contributed by atoms with van der Waals surface area (Å²) in [6.45, 7) is 3.38. The van der Waals surface area contributed by atoms with E-state index in [1.807, 2.05) is 6.92 Å². The van der Waals surface area contributed by atoms with E-state index < -0.39 is 0 Å². The third kappa shape index (κ3) is 4.85. The molecule has 2 unspecified atom stereocenters. The molecule has 1 aliphatic rings. The number of aliphatic hydroxyl groups is 1. The molecule has 6 heteroatoms. The van der Waals surface area contributed by atoms with Gasteiger partial charge in [-0.05, 0) is 44.5 Å². The SMILES string of the molecule is CC(O)C1CCCCN1CCC(=O)Nc1cc(Cl)ccc1Cl. The molecule has 0 bridgehead atoms. The fourth-order valence-corrected chi connectivity index (χ4v) is 3.23. The molecular formula is C16H22Cl2N2O2. The minimum Gasteiger partial charge on any atom is -0.392 e. The summed E-state index contributed by atoms with van der Waals surface area (Å²) in [4.78, 5) is 14.3. The summed E-state index contributed by atoms with van der Waals surface area (Å²) in [5.41, 5.74) is 0.532. The number of carbonyl (C=O) groups excluding carboxylic acids is 1. The second-order valence-electron chi connectivity index (χ2n) is 5.76. The zero-order valence-electron chi connectivity index (χ0n) is 12.7. The van der Waals surface area contributed by atoms with Crippen LogP contribution in [0.1, 0.15) is 32.6 Å². The highest BCUT2D eigenvalue weighted by Crippen LogP contribution is 2.25. The van der Waals surface area contributed by atoms with Crippen LogP contribution >= 0.6 is 23.2 Å². The number of rotatable bonds is 5. The van der Waals surface area contributed by atoms with Gasteiger partial charge in [-0.15, -0.1) is 0 Å². The Kier molecular flexibility index (Phi) is 6.50. The number of benzene rings is 1. The maximum Gasteiger partial charge on any atom is 0.225 e. The van der Waals surface area contributed by atoms with Gasteiger partial charge in [0, 0.05) is 24.0 Å². The first-order chi connectivity index (χ1) is 10.5. The molecule has 0 radical (unpaired) electrons. The smallest absolute Gasteiger partial charge is 0.225 e. The van der Waals surface area contributed by atoms with Gasteiger partial charge in [0.15, 0.2) is 0 Å². The lowest BCUT2D eigenvalue weighted by Crippen LogP contribution is -2.46. The molecule has 1 aromatic rings. The summed E-state index contributed by atoms with van der Waals surface area (Å²) in [5, 5.41) is 13.6. The predicted molar refractivity (Wildman–Crippen MR) is 90.6 cm³/mol. The number of hydrogen-bond donors (Lipinski definition) is 2. The van der Waals surface area contributed by atoms with Crippen LogP contribution in [0.3, 0.4) is 0 Å². The van der Waals surface area contributed by atoms with Crippen LogP contribution in [-0.2, 0) is 4.79 Å². The van der Waals surface area contributed by atoms with Crippen LogP contribution in [0.15, 0.2) is 18.2 Å². The van der Waals surface area contributed by atoms with E-state index in [0.717, 1.165) is 25.8 Å². The molecule has 22 heavy (non-hydrogen) atoms. The molecule has 0 aromatic heterocycles. The van der Waals surface area contributed by atoms with Crippen molar-refractivity contribution in [3.05, 3.63) is 28.2 Å². The lowest BCUT2D eigenvalue weighted by Gasteiger charge is -2.37. The van der Waals surface area contributed by atoms with E-state index in [2.05, 4.69) is 10.2 Å². The Bertz CT molecular complexity index is 523. The van der Waals surface area contributed by atoms with Crippen LogP contribution in [0.5, 0.6) is 0 Å². The third-order valence-electron chi connectivity index (χ3n) is 4.05. The van der Waals surface area contributed by atoms with Crippen LogP contribution in [0.4, 0.5) is 5.69 Å². The fourth-order valence-electron chi connectivity index (χ4n) is 2.89. The standard InChI is InChI=1S/C16H22Cl2N2O2/c1-11(21)15-4-2-3-8-20(15)9-7-16(22)19-14-10-12(17)5-6-13(14)18/h5-6,10-11,15,21H,2-4,7-9H2,1H3,(H,19,22). The van der Waals surface area contributed by atoms with Crippen molar-refractivity contribution in [2.45, 2.75) is 44.8 Å². The van der Waals surface area contributed by atoms with E-state index >= 15 is 0 Å². The predicted octanol–water partition coefficient (Wildman–Crippen LogP) is 3.56. The van der Waals surface area contributed by atoms with Crippen LogP contribution < -0.4 is 5.32 Å². The van der Waals surface area contributed by atoms with E-state index in [9.17, 15) is 9.90 Å². The molecule has 1 amide bonds. The van der Waals surface area contributed by atoms with Crippen molar-refractivity contribution in [1.82, 2.24) is 4.90 Å². The van der Waals surface area contributed by atoms with Gasteiger partial charge in [0.2, 0.25) is 5.91 Å². The normalized spacial score (nSPS) is 20.6. The van der Waals surface area contributed by atoms with Crippen molar-refractivity contribution in [2.75, 3.05) is 18.4 Å². The highest BCUT2D eigenvalue weighted by molar-refractivity contribution is 6.35. The van der Waals surface area contributed by atoms with Crippen molar-refractivity contribution in [3.63, 3.8) is 0 Å². The first kappa shape index (κ1) is 17.5. The molecule has 0 spiro atoms. The summed E-state index contributed by atoms with van der Waals surface area (Å²) in [7, 11) is 0. The Morgan fingerprint density at radius 1 is 1.45 bits per heavy atom. The average molecular weight is 345 g/mol. The summed E-state index contributed by atoms with van der Waals surface area (Å²) in [5.74, 6) is -0.0981. The molecule has 2 rings (SSSR count). The number of piperidine rings is 1. The largest absolute Gasteiger partial charge is 0.392 e. The van der Waals surface area contributed by atoms with Crippen LogP contribution in [0.25, 0.3) is 0 Å². The first-order valence-electron chi connectivity index (χ1n) is 7.64. The Balaban J connectivity index is 1.88. The minimum atomic E-state index is -0.370. The molecule has 0 saturated carbocycles. The summed E-state index contributed by atoms with van der Waals surface area (Å²) in [6.07, 6.45) is 3.23. The number of hydrogen-bond acceptors (Lipinski definition) is 3. The maximum atomic E-state index is 12.1. The quantitative estimate of drug-likeness (QED) is 0.858. The van der Waals surface area contributed by atoms with Crippen molar-refractivity contribution in [2.24, 2.45) is 0 Å². The van der Waals surface area contributed by atoms with Gasteiger partial charge in [0.05, 0.1) is 16.8 Å². The molecule has 1 aromatic carbocycles. The molecule has 0 aliphatic carbocycles. The van der Waals surface area contributed by atoms with Crippen LogP contribution in [0, 0.1) is 0 Å². The van der Waals surface area contributed by atoms with Gasteiger partial charge in [-0.2, -0.15) is 0 Å². The van der Waals surface area contributed by atoms with Gasteiger partial charge in [0.1, 0.15) is 0 Å². The van der Waals surface area contributed by atoms with Crippen molar-refractivity contribution in [3.8, 4) is 0 Å². The Labute approximate surface area is 141 Å². The van der Waals surface area contributed by atoms with E-state index in [1.54, 1.807) is 18.2 Å². The Hall–Kier alpha value is -0.810. The zero-order chi connectivity index (χ0) is 16.1. The first-order valence-corrected chi connectivity index (χ1v) is 8.40. The summed E-state index contributed by atoms with van der Waals surface area (Å²) in [6, 6.07) is 5.13. The molecule has 1 saturated heterocycles. The number of aliphatic hydroxyl groups excluding tert-OH is 1. The van der Waals surface area contributed by atoms with E-state index in [1.165, 1.54) is 0 Å². The molecule has 1 fully saturated rings. The number of nitrogens with one attached hydrogen (secondary N) is 1. The number of nitrogens with zero attached hydrogens (tertiary/aromatic N) is 1. The maximum absolute atomic E-state index is 12.1. The summed E-state index contributed by atoms with van der Waals surface area (Å²) < 4.78 is 0. The van der Waals surface area contributed by atoms with Gasteiger partial charge in [0.25, 0.3) is 0 Å². The highest BCUT2D eigenvalue weighted by atomic mass is 35.5.